The van der Waals surface area contributed by atoms with Crippen LogP contribution in [0.1, 0.15) is 119 Å². The Morgan fingerprint density at radius 2 is 1.73 bits per heavy atom. The van der Waals surface area contributed by atoms with Gasteiger partial charge in [-0.05, 0) is 112 Å². The fraction of sp³-hybridized carbons (Fsp3) is 0.793. The van der Waals surface area contributed by atoms with E-state index in [1.165, 1.54) is 55.4 Å². The second-order valence-corrected chi connectivity index (χ2v) is 13.4. The number of hydrogen-bond donors (Lipinski definition) is 1. The van der Waals surface area contributed by atoms with Crippen molar-refractivity contribution in [2.24, 2.45) is 29.1 Å². The second-order valence-electron chi connectivity index (χ2n) is 12.4. The highest BCUT2D eigenvalue weighted by atomic mass is 32.1. The Bertz CT molecular complexity index is 806. The van der Waals surface area contributed by atoms with Gasteiger partial charge in [0.25, 0.3) is 5.91 Å². The van der Waals surface area contributed by atoms with E-state index in [0.717, 1.165) is 74.8 Å². The van der Waals surface area contributed by atoms with Gasteiger partial charge in [0.1, 0.15) is 5.78 Å². The molecule has 4 atom stereocenters. The van der Waals surface area contributed by atoms with Crippen molar-refractivity contribution in [1.29, 1.82) is 0 Å². The molecule has 0 aliphatic heterocycles. The molecule has 0 aromatic carbocycles. The highest BCUT2D eigenvalue weighted by Crippen LogP contribution is 2.50. The van der Waals surface area contributed by atoms with Gasteiger partial charge >= 0.3 is 0 Å². The maximum Gasteiger partial charge on any atom is 0.252 e. The van der Waals surface area contributed by atoms with Gasteiger partial charge < -0.3 is 5.32 Å². The quantitative estimate of drug-likeness (QED) is 0.387. The van der Waals surface area contributed by atoms with Crippen LogP contribution < -0.4 is 5.32 Å². The number of Topliss-reactive ketones (excluding diaryl/α,β-unsaturated/α-hetero) is 1. The van der Waals surface area contributed by atoms with Gasteiger partial charge in [0.05, 0.1) is 5.56 Å². The Labute approximate surface area is 205 Å². The first-order chi connectivity index (χ1) is 15.8. The van der Waals surface area contributed by atoms with Crippen LogP contribution in [0.5, 0.6) is 0 Å². The molecule has 3 aliphatic rings. The summed E-state index contributed by atoms with van der Waals surface area (Å²) in [6.45, 7) is 7.61. The molecule has 33 heavy (non-hydrogen) atoms. The predicted molar refractivity (Wildman–Crippen MR) is 138 cm³/mol. The smallest absolute Gasteiger partial charge is 0.252 e. The molecule has 1 aromatic rings. The number of carbonyl (C=O) groups is 2. The van der Waals surface area contributed by atoms with Crippen LogP contribution in [0.15, 0.2) is 5.38 Å². The molecule has 0 saturated heterocycles. The largest absolute Gasteiger partial charge is 0.352 e. The van der Waals surface area contributed by atoms with Crippen LogP contribution in [0, 0.1) is 29.1 Å². The van der Waals surface area contributed by atoms with Crippen LogP contribution in [0.3, 0.4) is 0 Å². The molecule has 3 nitrogen and oxygen atoms in total. The van der Waals surface area contributed by atoms with E-state index in [0.29, 0.717) is 17.1 Å². The number of carbonyl (C=O) groups excluding carboxylic acids is 2. The molecule has 4 rings (SSSR count). The van der Waals surface area contributed by atoms with E-state index < -0.39 is 0 Å². The van der Waals surface area contributed by atoms with Crippen LogP contribution in [-0.2, 0) is 17.6 Å². The molecule has 1 heterocycles. The Balaban J connectivity index is 1.17. The van der Waals surface area contributed by atoms with Crippen molar-refractivity contribution >= 4 is 23.0 Å². The van der Waals surface area contributed by atoms with Crippen molar-refractivity contribution < 1.29 is 9.59 Å². The monoisotopic (exact) mass is 471 g/mol. The first-order valence-corrected chi connectivity index (χ1v) is 14.6. The van der Waals surface area contributed by atoms with Gasteiger partial charge in [0.15, 0.2) is 0 Å². The summed E-state index contributed by atoms with van der Waals surface area (Å²) in [5.74, 6) is 3.72. The van der Waals surface area contributed by atoms with Gasteiger partial charge in [-0.15, -0.1) is 11.3 Å². The topological polar surface area (TPSA) is 46.2 Å². The Morgan fingerprint density at radius 1 is 1.03 bits per heavy atom. The molecule has 1 aromatic heterocycles. The zero-order valence-corrected chi connectivity index (χ0v) is 22.0. The first kappa shape index (κ1) is 24.9. The van der Waals surface area contributed by atoms with Crippen LogP contribution in [-0.4, -0.2) is 18.2 Å². The summed E-state index contributed by atoms with van der Waals surface area (Å²) >= 11 is 1.78. The maximum absolute atomic E-state index is 12.9. The molecule has 2 saturated carbocycles. The molecule has 1 amide bonds. The average Bonchev–Trinajstić information content (AvgIpc) is 3.29. The molecule has 3 aliphatic carbocycles. The van der Waals surface area contributed by atoms with Gasteiger partial charge in [-0.2, -0.15) is 0 Å². The minimum absolute atomic E-state index is 0.161. The minimum atomic E-state index is 0.161. The zero-order valence-electron chi connectivity index (χ0n) is 21.2. The number of ketones is 1. The number of fused-ring (bicyclic) bond motifs is 3. The number of nitrogens with one attached hydrogen (secondary N) is 1. The Morgan fingerprint density at radius 3 is 2.45 bits per heavy atom. The average molecular weight is 472 g/mol. The van der Waals surface area contributed by atoms with Crippen LogP contribution >= 0.6 is 11.3 Å². The molecule has 0 radical (unpaired) electrons. The van der Waals surface area contributed by atoms with Gasteiger partial charge in [0, 0.05) is 29.6 Å². The lowest BCUT2D eigenvalue weighted by Crippen LogP contribution is -2.35. The highest BCUT2D eigenvalue weighted by molar-refractivity contribution is 7.10. The van der Waals surface area contributed by atoms with E-state index in [4.69, 9.17) is 0 Å². The van der Waals surface area contributed by atoms with E-state index in [-0.39, 0.29) is 5.91 Å². The van der Waals surface area contributed by atoms with E-state index in [1.807, 2.05) is 0 Å². The van der Waals surface area contributed by atoms with Gasteiger partial charge in [-0.3, -0.25) is 9.59 Å². The lowest BCUT2D eigenvalue weighted by atomic mass is 9.71. The van der Waals surface area contributed by atoms with Gasteiger partial charge in [-0.25, -0.2) is 0 Å². The Kier molecular flexibility index (Phi) is 8.36. The van der Waals surface area contributed by atoms with E-state index >= 15 is 0 Å². The Hall–Kier alpha value is -1.16. The van der Waals surface area contributed by atoms with Gasteiger partial charge in [-0.1, -0.05) is 20.8 Å². The normalized spacial score (nSPS) is 26.8. The molecule has 1 unspecified atom stereocenters. The van der Waals surface area contributed by atoms with Crippen molar-refractivity contribution in [3.8, 4) is 0 Å². The highest BCUT2D eigenvalue weighted by Gasteiger charge is 2.42. The SMILES string of the molecule is CC(C)(C)CCCC(=O)CCCC1[C@@H]2CC[C@H]1C[C@H](CNC(=O)c1csc3c1CCCC3)C2. The van der Waals surface area contributed by atoms with Crippen molar-refractivity contribution in [2.75, 3.05) is 6.54 Å². The number of aryl methyl sites for hydroxylation is 1. The molecule has 4 heteroatoms. The van der Waals surface area contributed by atoms with Crippen LogP contribution in [0.4, 0.5) is 0 Å². The summed E-state index contributed by atoms with van der Waals surface area (Å²) in [6.07, 6.45) is 16.0. The van der Waals surface area contributed by atoms with Crippen LogP contribution in [0.2, 0.25) is 0 Å². The lowest BCUT2D eigenvalue weighted by molar-refractivity contribution is -0.119. The summed E-state index contributed by atoms with van der Waals surface area (Å²) in [6, 6.07) is 0. The summed E-state index contributed by atoms with van der Waals surface area (Å²) < 4.78 is 0. The van der Waals surface area contributed by atoms with Crippen molar-refractivity contribution in [2.45, 2.75) is 111 Å². The summed E-state index contributed by atoms with van der Waals surface area (Å²) in [4.78, 5) is 26.6. The fourth-order valence-electron chi connectivity index (χ4n) is 6.91. The van der Waals surface area contributed by atoms with Crippen LogP contribution in [0.25, 0.3) is 0 Å². The van der Waals surface area contributed by atoms with Crippen molar-refractivity contribution in [1.82, 2.24) is 5.32 Å². The fourth-order valence-corrected chi connectivity index (χ4v) is 8.04. The number of thiophene rings is 1. The third kappa shape index (κ3) is 6.71. The predicted octanol–water partition coefficient (Wildman–Crippen LogP) is 7.36. The lowest BCUT2D eigenvalue weighted by Gasteiger charge is -2.35. The number of rotatable bonds is 10. The van der Waals surface area contributed by atoms with E-state index in [9.17, 15) is 9.59 Å². The van der Waals surface area contributed by atoms with E-state index in [2.05, 4.69) is 31.5 Å². The van der Waals surface area contributed by atoms with Crippen molar-refractivity contribution in [3.05, 3.63) is 21.4 Å². The molecule has 184 valence electrons. The maximum atomic E-state index is 12.9. The zero-order chi connectivity index (χ0) is 23.4. The first-order valence-electron chi connectivity index (χ1n) is 13.7. The molecular weight excluding hydrogens is 426 g/mol. The molecular formula is C29H45NO2S. The summed E-state index contributed by atoms with van der Waals surface area (Å²) in [5, 5.41) is 5.39. The molecule has 1 N–H and O–H groups in total. The van der Waals surface area contributed by atoms with E-state index in [1.54, 1.807) is 11.3 Å². The van der Waals surface area contributed by atoms with Crippen molar-refractivity contribution in [3.63, 3.8) is 0 Å². The number of hydrogen-bond acceptors (Lipinski definition) is 3. The molecule has 0 spiro atoms. The molecule has 2 bridgehead atoms. The number of amides is 1. The van der Waals surface area contributed by atoms with Gasteiger partial charge in [0.2, 0.25) is 0 Å². The summed E-state index contributed by atoms with van der Waals surface area (Å²) in [7, 11) is 0. The third-order valence-corrected chi connectivity index (χ3v) is 9.71. The third-order valence-electron chi connectivity index (χ3n) is 8.62. The second kappa shape index (κ2) is 11.1. The summed E-state index contributed by atoms with van der Waals surface area (Å²) in [5.41, 5.74) is 2.62. The molecule has 2 fully saturated rings. The minimum Gasteiger partial charge on any atom is -0.352 e. The standard InChI is InChI=1S/C29H45NO2S/c1-29(2,3)15-7-9-23(31)8-6-11-24-21-13-14-22(24)17-20(16-21)18-30-28(32)26-19-33-27-12-5-4-10-25(26)27/h19-22,24H,4-18H2,1-3H3,(H,30,32)/t20-,21-,22+,24?.